The van der Waals surface area contributed by atoms with Crippen molar-refractivity contribution in [3.63, 3.8) is 0 Å². The van der Waals surface area contributed by atoms with Gasteiger partial charge in [0.2, 0.25) is 5.91 Å². The number of carbonyl (C=O) groups excluding carboxylic acids is 2. The third-order valence-electron chi connectivity index (χ3n) is 5.84. The van der Waals surface area contributed by atoms with Gasteiger partial charge in [-0.2, -0.15) is 0 Å². The van der Waals surface area contributed by atoms with Crippen LogP contribution in [0.4, 0.5) is 10.5 Å². The molecule has 1 aliphatic heterocycles. The van der Waals surface area contributed by atoms with Crippen LogP contribution in [0.1, 0.15) is 52.0 Å². The SMILES string of the molecule is CC(C)[C@H]1C(=O)N[C@H](CO)Cc2ccc(OC(COC(=O)NC(C)(C)C)c3ccncn3)cc2N1C. The second-order valence-corrected chi connectivity index (χ2v) is 10.4. The zero-order valence-electron chi connectivity index (χ0n) is 21.8. The minimum Gasteiger partial charge on any atom is -0.480 e. The second kappa shape index (κ2) is 11.6. The first-order chi connectivity index (χ1) is 17.0. The summed E-state index contributed by atoms with van der Waals surface area (Å²) >= 11 is 0. The fourth-order valence-electron chi connectivity index (χ4n) is 4.24. The maximum absolute atomic E-state index is 12.9. The molecule has 36 heavy (non-hydrogen) atoms. The molecular formula is C26H37N5O5. The lowest BCUT2D eigenvalue weighted by Crippen LogP contribution is -2.54. The van der Waals surface area contributed by atoms with Crippen LogP contribution in [0.15, 0.2) is 36.8 Å². The fourth-order valence-corrected chi connectivity index (χ4v) is 4.24. The molecule has 0 fully saturated rings. The molecule has 1 aromatic carbocycles. The molecule has 0 bridgehead atoms. The number of aliphatic hydroxyl groups excluding tert-OH is 1. The summed E-state index contributed by atoms with van der Waals surface area (Å²) in [6.45, 7) is 9.37. The van der Waals surface area contributed by atoms with Crippen LogP contribution in [0, 0.1) is 5.92 Å². The van der Waals surface area contributed by atoms with Gasteiger partial charge in [-0.1, -0.05) is 19.9 Å². The van der Waals surface area contributed by atoms with Gasteiger partial charge in [-0.25, -0.2) is 14.8 Å². The number of benzene rings is 1. The van der Waals surface area contributed by atoms with Crippen LogP contribution < -0.4 is 20.3 Å². The van der Waals surface area contributed by atoms with Crippen molar-refractivity contribution in [1.29, 1.82) is 0 Å². The highest BCUT2D eigenvalue weighted by atomic mass is 16.6. The van der Waals surface area contributed by atoms with Gasteiger partial charge in [-0.3, -0.25) is 4.79 Å². The van der Waals surface area contributed by atoms with Gasteiger partial charge in [-0.15, -0.1) is 0 Å². The van der Waals surface area contributed by atoms with Gasteiger partial charge >= 0.3 is 6.09 Å². The molecule has 3 atom stereocenters. The summed E-state index contributed by atoms with van der Waals surface area (Å²) in [4.78, 5) is 35.4. The van der Waals surface area contributed by atoms with Gasteiger partial charge in [0.25, 0.3) is 0 Å². The number of hydrogen-bond acceptors (Lipinski definition) is 8. The lowest BCUT2D eigenvalue weighted by Gasteiger charge is -2.37. The predicted molar refractivity (Wildman–Crippen MR) is 136 cm³/mol. The summed E-state index contributed by atoms with van der Waals surface area (Å²) in [7, 11) is 1.88. The van der Waals surface area contributed by atoms with E-state index in [2.05, 4.69) is 20.6 Å². The van der Waals surface area contributed by atoms with Crippen molar-refractivity contribution in [3.05, 3.63) is 48.0 Å². The van der Waals surface area contributed by atoms with E-state index < -0.39 is 23.8 Å². The van der Waals surface area contributed by atoms with Crippen LogP contribution in [0.3, 0.4) is 0 Å². The van der Waals surface area contributed by atoms with Gasteiger partial charge in [0, 0.05) is 30.5 Å². The van der Waals surface area contributed by atoms with Crippen LogP contribution in [-0.2, 0) is 16.0 Å². The number of ether oxygens (including phenoxy) is 2. The lowest BCUT2D eigenvalue weighted by molar-refractivity contribution is -0.124. The lowest BCUT2D eigenvalue weighted by atomic mass is 9.95. The summed E-state index contributed by atoms with van der Waals surface area (Å²) in [5.41, 5.74) is 1.95. The van der Waals surface area contributed by atoms with E-state index in [4.69, 9.17) is 9.47 Å². The van der Waals surface area contributed by atoms with Gasteiger partial charge in [0.05, 0.1) is 18.3 Å². The van der Waals surface area contributed by atoms with Crippen molar-refractivity contribution >= 4 is 17.7 Å². The molecule has 196 valence electrons. The molecule has 2 aromatic rings. The number of hydrogen-bond donors (Lipinski definition) is 3. The van der Waals surface area contributed by atoms with E-state index in [9.17, 15) is 14.7 Å². The average Bonchev–Trinajstić information content (AvgIpc) is 2.80. The molecule has 2 heterocycles. The molecule has 10 heteroatoms. The van der Waals surface area contributed by atoms with Crippen LogP contribution in [0.5, 0.6) is 5.75 Å². The number of aliphatic hydroxyl groups is 1. The second-order valence-electron chi connectivity index (χ2n) is 10.4. The van der Waals surface area contributed by atoms with E-state index >= 15 is 0 Å². The maximum Gasteiger partial charge on any atom is 0.407 e. The van der Waals surface area contributed by atoms with E-state index in [0.717, 1.165) is 11.3 Å². The molecule has 0 saturated heterocycles. The van der Waals surface area contributed by atoms with Gasteiger partial charge in [-0.05, 0) is 50.8 Å². The molecule has 2 amide bonds. The van der Waals surface area contributed by atoms with Crippen LogP contribution in [-0.4, -0.2) is 65.0 Å². The first-order valence-electron chi connectivity index (χ1n) is 12.1. The number of nitrogens with one attached hydrogen (secondary N) is 2. The monoisotopic (exact) mass is 499 g/mol. The van der Waals surface area contributed by atoms with Crippen molar-refractivity contribution in [1.82, 2.24) is 20.6 Å². The summed E-state index contributed by atoms with van der Waals surface area (Å²) in [6, 6.07) is 6.56. The topological polar surface area (TPSA) is 126 Å². The Morgan fingerprint density at radius 2 is 2.06 bits per heavy atom. The van der Waals surface area contributed by atoms with Crippen LogP contribution >= 0.6 is 0 Å². The number of rotatable bonds is 7. The molecular weight excluding hydrogens is 462 g/mol. The van der Waals surface area contributed by atoms with E-state index in [0.29, 0.717) is 17.9 Å². The van der Waals surface area contributed by atoms with Crippen molar-refractivity contribution in [2.75, 3.05) is 25.2 Å². The number of likely N-dealkylation sites (N-methyl/N-ethyl adjacent to an activating group) is 1. The fraction of sp³-hybridized carbons (Fsp3) is 0.538. The first-order valence-corrected chi connectivity index (χ1v) is 12.1. The molecule has 0 spiro atoms. The Bertz CT molecular complexity index is 1040. The number of carbonyl (C=O) groups is 2. The highest BCUT2D eigenvalue weighted by Gasteiger charge is 2.32. The number of aromatic nitrogens is 2. The van der Waals surface area contributed by atoms with Crippen LogP contribution in [0.25, 0.3) is 0 Å². The largest absolute Gasteiger partial charge is 0.480 e. The zero-order chi connectivity index (χ0) is 26.5. The Hall–Kier alpha value is -3.40. The van der Waals surface area contributed by atoms with Crippen molar-refractivity contribution < 1.29 is 24.2 Å². The Balaban J connectivity index is 1.90. The van der Waals surface area contributed by atoms with Gasteiger partial charge in [0.1, 0.15) is 24.7 Å². The van der Waals surface area contributed by atoms with E-state index in [1.807, 2.05) is 64.8 Å². The third-order valence-corrected chi connectivity index (χ3v) is 5.84. The normalized spacial score (nSPS) is 19.0. The van der Waals surface area contributed by atoms with Gasteiger partial charge in [0.15, 0.2) is 6.10 Å². The number of fused-ring (bicyclic) bond motifs is 1. The summed E-state index contributed by atoms with van der Waals surface area (Å²) in [6.07, 6.45) is 2.27. The highest BCUT2D eigenvalue weighted by Crippen LogP contribution is 2.33. The average molecular weight is 500 g/mol. The minimum atomic E-state index is -0.676. The molecule has 1 aromatic heterocycles. The Kier molecular flexibility index (Phi) is 8.73. The molecule has 1 unspecified atom stereocenters. The Morgan fingerprint density at radius 1 is 1.31 bits per heavy atom. The number of amides is 2. The smallest absolute Gasteiger partial charge is 0.407 e. The van der Waals surface area contributed by atoms with Gasteiger partial charge < -0.3 is 30.1 Å². The first kappa shape index (κ1) is 27.2. The number of anilines is 1. The zero-order valence-corrected chi connectivity index (χ0v) is 21.8. The standard InChI is InChI=1S/C26H37N5O5/c1-16(2)23-24(33)29-18(13-32)11-17-7-8-19(12-21(17)31(23)6)36-22(20-9-10-27-15-28-20)14-35-25(34)30-26(3,4)5/h7-10,12,15-16,18,22-23,32H,11,13-14H2,1-6H3,(H,29,33)(H,30,34)/t18-,22?,23-/m0/s1. The number of alkyl carbamates (subject to hydrolysis) is 1. The van der Waals surface area contributed by atoms with Crippen molar-refractivity contribution in [2.45, 2.75) is 64.8 Å². The Morgan fingerprint density at radius 3 is 2.67 bits per heavy atom. The summed E-state index contributed by atoms with van der Waals surface area (Å²) in [5.74, 6) is 0.446. The molecule has 10 nitrogen and oxygen atoms in total. The molecule has 0 saturated carbocycles. The summed E-state index contributed by atoms with van der Waals surface area (Å²) in [5, 5.41) is 15.5. The predicted octanol–water partition coefficient (Wildman–Crippen LogP) is 2.62. The molecule has 0 aliphatic carbocycles. The number of nitrogens with zero attached hydrogens (tertiary/aromatic N) is 3. The third kappa shape index (κ3) is 7.07. The van der Waals surface area contributed by atoms with Crippen LogP contribution in [0.2, 0.25) is 0 Å². The van der Waals surface area contributed by atoms with E-state index in [1.54, 1.807) is 12.3 Å². The minimum absolute atomic E-state index is 0.0355. The molecule has 1 aliphatic rings. The highest BCUT2D eigenvalue weighted by molar-refractivity contribution is 5.86. The van der Waals surface area contributed by atoms with Crippen molar-refractivity contribution in [2.24, 2.45) is 5.92 Å². The maximum atomic E-state index is 12.9. The quantitative estimate of drug-likeness (QED) is 0.531. The van der Waals surface area contributed by atoms with E-state index in [-0.39, 0.29) is 31.1 Å². The molecule has 3 rings (SSSR count). The molecule has 3 N–H and O–H groups in total. The van der Waals surface area contributed by atoms with Crippen molar-refractivity contribution in [3.8, 4) is 5.75 Å². The molecule has 0 radical (unpaired) electrons. The Labute approximate surface area is 212 Å². The summed E-state index contributed by atoms with van der Waals surface area (Å²) < 4.78 is 11.7. The van der Waals surface area contributed by atoms with E-state index in [1.165, 1.54) is 6.33 Å².